The zero-order valence-electron chi connectivity index (χ0n) is 9.35. The predicted molar refractivity (Wildman–Crippen MR) is 60.7 cm³/mol. The van der Waals surface area contributed by atoms with Crippen LogP contribution in [0.15, 0.2) is 18.3 Å². The average Bonchev–Trinajstić information content (AvgIpc) is 2.33. The number of amides is 1. The van der Waals surface area contributed by atoms with Gasteiger partial charge in [-0.2, -0.15) is 5.26 Å². The minimum atomic E-state index is -0.474. The highest BCUT2D eigenvalue weighted by Crippen LogP contribution is 1.99. The number of hydrogen-bond acceptors (Lipinski definition) is 5. The van der Waals surface area contributed by atoms with Crippen molar-refractivity contribution in [1.82, 2.24) is 10.3 Å². The van der Waals surface area contributed by atoms with E-state index in [0.717, 1.165) is 5.56 Å². The fourth-order valence-electron chi connectivity index (χ4n) is 1.20. The summed E-state index contributed by atoms with van der Waals surface area (Å²) in [5, 5.41) is 11.8. The number of rotatable bonds is 7. The van der Waals surface area contributed by atoms with E-state index in [2.05, 4.69) is 10.3 Å². The SMILES string of the molecule is N#Cc1cc(CNCCOCC(N)=O)ccn1. The molecule has 6 heteroatoms. The highest BCUT2D eigenvalue weighted by Gasteiger charge is 1.97. The fourth-order valence-corrected chi connectivity index (χ4v) is 1.20. The molecule has 0 aliphatic heterocycles. The Morgan fingerprint density at radius 3 is 3.18 bits per heavy atom. The molecule has 0 bridgehead atoms. The van der Waals surface area contributed by atoms with Gasteiger partial charge in [-0.05, 0) is 17.7 Å². The summed E-state index contributed by atoms with van der Waals surface area (Å²) in [6.07, 6.45) is 1.60. The summed E-state index contributed by atoms with van der Waals surface area (Å²) in [6, 6.07) is 5.53. The second-order valence-corrected chi connectivity index (χ2v) is 3.36. The molecule has 1 rings (SSSR count). The van der Waals surface area contributed by atoms with Crippen molar-refractivity contribution in [2.45, 2.75) is 6.54 Å². The van der Waals surface area contributed by atoms with E-state index >= 15 is 0 Å². The summed E-state index contributed by atoms with van der Waals surface area (Å²) in [5.41, 5.74) is 6.28. The minimum Gasteiger partial charge on any atom is -0.370 e. The third kappa shape index (κ3) is 5.61. The minimum absolute atomic E-state index is 0.0600. The van der Waals surface area contributed by atoms with Gasteiger partial charge in [0.05, 0.1) is 6.61 Å². The van der Waals surface area contributed by atoms with Crippen LogP contribution in [0.2, 0.25) is 0 Å². The molecule has 0 unspecified atom stereocenters. The second kappa shape index (κ2) is 7.33. The summed E-state index contributed by atoms with van der Waals surface area (Å²) in [6.45, 7) is 1.59. The molecule has 17 heavy (non-hydrogen) atoms. The maximum absolute atomic E-state index is 10.4. The smallest absolute Gasteiger partial charge is 0.243 e. The maximum Gasteiger partial charge on any atom is 0.243 e. The molecule has 6 nitrogen and oxygen atoms in total. The summed E-state index contributed by atoms with van der Waals surface area (Å²) in [5.74, 6) is -0.474. The second-order valence-electron chi connectivity index (χ2n) is 3.36. The maximum atomic E-state index is 10.4. The molecule has 90 valence electrons. The number of primary amides is 1. The molecule has 1 amide bonds. The molecular weight excluding hydrogens is 220 g/mol. The quantitative estimate of drug-likeness (QED) is 0.622. The summed E-state index contributed by atoms with van der Waals surface area (Å²) in [7, 11) is 0. The zero-order chi connectivity index (χ0) is 12.5. The molecule has 0 radical (unpaired) electrons. The number of nitrogens with zero attached hydrogens (tertiary/aromatic N) is 2. The van der Waals surface area contributed by atoms with E-state index in [1.165, 1.54) is 0 Å². The van der Waals surface area contributed by atoms with Crippen LogP contribution < -0.4 is 11.1 Å². The lowest BCUT2D eigenvalue weighted by molar-refractivity contribution is -0.122. The first-order valence-electron chi connectivity index (χ1n) is 5.14. The van der Waals surface area contributed by atoms with Crippen LogP contribution in [0.5, 0.6) is 0 Å². The van der Waals surface area contributed by atoms with Crippen LogP contribution in [-0.4, -0.2) is 30.6 Å². The number of aromatic nitrogens is 1. The Morgan fingerprint density at radius 1 is 1.65 bits per heavy atom. The third-order valence-corrected chi connectivity index (χ3v) is 1.94. The van der Waals surface area contributed by atoms with E-state index in [4.69, 9.17) is 15.7 Å². The van der Waals surface area contributed by atoms with Gasteiger partial charge in [0.25, 0.3) is 0 Å². The number of nitriles is 1. The first-order valence-corrected chi connectivity index (χ1v) is 5.14. The van der Waals surface area contributed by atoms with Gasteiger partial charge in [-0.25, -0.2) is 4.98 Å². The van der Waals surface area contributed by atoms with Crippen molar-refractivity contribution >= 4 is 5.91 Å². The van der Waals surface area contributed by atoms with Crippen molar-refractivity contribution in [3.05, 3.63) is 29.6 Å². The normalized spacial score (nSPS) is 9.82. The standard InChI is InChI=1S/C11H14N4O2/c12-6-10-5-9(1-2-15-10)7-14-3-4-17-8-11(13)16/h1-2,5,14H,3-4,7-8H2,(H2,13,16). The predicted octanol–water partition coefficient (Wildman–Crippen LogP) is -0.455. The molecule has 0 fully saturated rings. The van der Waals surface area contributed by atoms with Crippen molar-refractivity contribution in [3.8, 4) is 6.07 Å². The van der Waals surface area contributed by atoms with Crippen LogP contribution in [0.3, 0.4) is 0 Å². The molecule has 0 atom stereocenters. The van der Waals surface area contributed by atoms with E-state index < -0.39 is 5.91 Å². The highest BCUT2D eigenvalue weighted by molar-refractivity contribution is 5.74. The molecule has 0 aromatic carbocycles. The number of hydrogen-bond donors (Lipinski definition) is 2. The van der Waals surface area contributed by atoms with Gasteiger partial charge in [-0.15, -0.1) is 0 Å². The van der Waals surface area contributed by atoms with Gasteiger partial charge in [0, 0.05) is 19.3 Å². The molecule has 0 aliphatic carbocycles. The van der Waals surface area contributed by atoms with Gasteiger partial charge in [0.2, 0.25) is 5.91 Å². The van der Waals surface area contributed by atoms with Crippen LogP contribution in [0.4, 0.5) is 0 Å². The Bertz CT molecular complexity index is 414. The largest absolute Gasteiger partial charge is 0.370 e. The summed E-state index contributed by atoms with van der Waals surface area (Å²) < 4.78 is 4.98. The van der Waals surface area contributed by atoms with Crippen LogP contribution in [0, 0.1) is 11.3 Å². The number of nitrogens with two attached hydrogens (primary N) is 1. The first kappa shape index (κ1) is 13.1. The highest BCUT2D eigenvalue weighted by atomic mass is 16.5. The Morgan fingerprint density at radius 2 is 2.47 bits per heavy atom. The van der Waals surface area contributed by atoms with Crippen molar-refractivity contribution in [2.24, 2.45) is 5.73 Å². The van der Waals surface area contributed by atoms with E-state index in [1.807, 2.05) is 12.1 Å². The Hall–Kier alpha value is -1.97. The van der Waals surface area contributed by atoms with Crippen LogP contribution in [0.25, 0.3) is 0 Å². The van der Waals surface area contributed by atoms with Crippen LogP contribution in [0.1, 0.15) is 11.3 Å². The lowest BCUT2D eigenvalue weighted by atomic mass is 10.2. The Kier molecular flexibility index (Phi) is 5.64. The average molecular weight is 234 g/mol. The van der Waals surface area contributed by atoms with Gasteiger partial charge in [-0.3, -0.25) is 4.79 Å². The van der Waals surface area contributed by atoms with E-state index in [-0.39, 0.29) is 6.61 Å². The van der Waals surface area contributed by atoms with Gasteiger partial charge < -0.3 is 15.8 Å². The number of nitrogens with one attached hydrogen (secondary N) is 1. The van der Waals surface area contributed by atoms with Crippen molar-refractivity contribution < 1.29 is 9.53 Å². The number of carbonyl (C=O) groups is 1. The third-order valence-electron chi connectivity index (χ3n) is 1.94. The molecular formula is C11H14N4O2. The molecule has 0 saturated heterocycles. The monoisotopic (exact) mass is 234 g/mol. The molecule has 1 aromatic heterocycles. The molecule has 1 aromatic rings. The van der Waals surface area contributed by atoms with Crippen molar-refractivity contribution in [3.63, 3.8) is 0 Å². The van der Waals surface area contributed by atoms with Gasteiger partial charge in [-0.1, -0.05) is 0 Å². The van der Waals surface area contributed by atoms with Crippen LogP contribution >= 0.6 is 0 Å². The van der Waals surface area contributed by atoms with Crippen molar-refractivity contribution in [1.29, 1.82) is 5.26 Å². The van der Waals surface area contributed by atoms with E-state index in [1.54, 1.807) is 12.3 Å². The van der Waals surface area contributed by atoms with E-state index in [9.17, 15) is 4.79 Å². The lowest BCUT2D eigenvalue weighted by Crippen LogP contribution is -2.23. The number of carbonyl (C=O) groups excluding carboxylic acids is 1. The first-order chi connectivity index (χ1) is 8.22. The molecule has 0 saturated carbocycles. The molecule has 0 spiro atoms. The lowest BCUT2D eigenvalue weighted by Gasteiger charge is -2.05. The van der Waals surface area contributed by atoms with Crippen molar-refractivity contribution in [2.75, 3.05) is 19.8 Å². The molecule has 3 N–H and O–H groups in total. The topological polar surface area (TPSA) is 101 Å². The van der Waals surface area contributed by atoms with Crippen LogP contribution in [-0.2, 0) is 16.1 Å². The molecule has 0 aliphatic rings. The van der Waals surface area contributed by atoms with Gasteiger partial charge in [0.1, 0.15) is 18.4 Å². The number of ether oxygens (including phenoxy) is 1. The fraction of sp³-hybridized carbons (Fsp3) is 0.364. The van der Waals surface area contributed by atoms with Gasteiger partial charge >= 0.3 is 0 Å². The molecule has 1 heterocycles. The summed E-state index contributed by atoms with van der Waals surface area (Å²) >= 11 is 0. The Labute approximate surface area is 99.4 Å². The number of pyridine rings is 1. The summed E-state index contributed by atoms with van der Waals surface area (Å²) in [4.78, 5) is 14.2. The Balaban J connectivity index is 2.18. The van der Waals surface area contributed by atoms with Gasteiger partial charge in [0.15, 0.2) is 0 Å². The zero-order valence-corrected chi connectivity index (χ0v) is 9.35. The van der Waals surface area contributed by atoms with E-state index in [0.29, 0.717) is 25.4 Å².